The predicted octanol–water partition coefficient (Wildman–Crippen LogP) is 16.3. The van der Waals surface area contributed by atoms with Crippen molar-refractivity contribution in [3.63, 3.8) is 0 Å². The summed E-state index contributed by atoms with van der Waals surface area (Å²) in [6.45, 7) is 4.72. The lowest BCUT2D eigenvalue weighted by atomic mass is 9.82. The molecule has 0 amide bonds. The maximum Gasteiger partial charge on any atom is 0.0725 e. The number of benzene rings is 7. The summed E-state index contributed by atoms with van der Waals surface area (Å²) in [4.78, 5) is 18.9. The Kier molecular flexibility index (Phi) is 9.77. The first-order valence-corrected chi connectivity index (χ1v) is 23.8. The summed E-state index contributed by atoms with van der Waals surface area (Å²) in [5.41, 5.74) is 23.2. The number of hydrogen-bond acceptors (Lipinski definition) is 4. The largest absolute Gasteiger partial charge is 0.309 e. The number of pyridine rings is 4. The molecule has 330 valence electrons. The minimum atomic E-state index is -0.120. The summed E-state index contributed by atoms with van der Waals surface area (Å²) in [5, 5.41) is 2.46. The third-order valence-corrected chi connectivity index (χ3v) is 14.1. The van der Waals surface area contributed by atoms with Gasteiger partial charge in [0.05, 0.1) is 33.8 Å². The van der Waals surface area contributed by atoms with Gasteiger partial charge in [-0.2, -0.15) is 0 Å². The first-order valence-electron chi connectivity index (χ1n) is 23.8. The molecule has 70 heavy (non-hydrogen) atoms. The molecule has 0 fully saturated rings. The van der Waals surface area contributed by atoms with Gasteiger partial charge in [-0.25, -0.2) is 9.97 Å². The van der Waals surface area contributed by atoms with Crippen molar-refractivity contribution in [2.45, 2.75) is 19.3 Å². The monoisotopic (exact) mass is 895 g/mol. The van der Waals surface area contributed by atoms with E-state index in [1.54, 1.807) is 12.4 Å². The van der Waals surface area contributed by atoms with E-state index in [4.69, 9.17) is 9.97 Å². The van der Waals surface area contributed by atoms with Crippen LogP contribution in [0.5, 0.6) is 0 Å². The quantitative estimate of drug-likeness (QED) is 0.152. The van der Waals surface area contributed by atoms with Crippen LogP contribution in [-0.2, 0) is 5.41 Å². The van der Waals surface area contributed by atoms with E-state index in [1.165, 1.54) is 44.1 Å². The smallest absolute Gasteiger partial charge is 0.0725 e. The molecule has 0 radical (unpaired) electrons. The topological polar surface area (TPSA) is 56.5 Å². The fourth-order valence-electron chi connectivity index (χ4n) is 10.6. The average molecular weight is 896 g/mol. The lowest BCUT2D eigenvalue weighted by Gasteiger charge is -2.21. The number of aromatic nitrogens is 5. The standard InChI is InChI=1S/C65H45N5/c1-65(2)57-23-7-6-22-53(57)54-38-56-55-37-44(28-29-63(55)70(64(56)39-58(54)65)52-20-4-3-5-21-52)51-35-49(42-14-8-16-45(32-42)59-24-10-26-61(68-59)47-18-12-30-66-40-47)34-50(36-51)43-15-9-17-46(33-43)60-25-11-27-62(69-60)48-19-13-31-67-41-48/h3-41H,1-2H3. The summed E-state index contributed by atoms with van der Waals surface area (Å²) in [6, 6.07) is 76.6. The van der Waals surface area contributed by atoms with Gasteiger partial charge in [-0.05, 0) is 171 Å². The average Bonchev–Trinajstić information content (AvgIpc) is 3.87. The summed E-state index contributed by atoms with van der Waals surface area (Å²) in [7, 11) is 0. The number of fused-ring (bicyclic) bond motifs is 6. The molecule has 1 aliphatic carbocycles. The Morgan fingerprint density at radius 1 is 0.329 bits per heavy atom. The van der Waals surface area contributed by atoms with Gasteiger partial charge in [0.15, 0.2) is 0 Å². The van der Waals surface area contributed by atoms with E-state index in [0.717, 1.165) is 84.1 Å². The number of para-hydroxylation sites is 1. The molecule has 13 rings (SSSR count). The van der Waals surface area contributed by atoms with Crippen LogP contribution in [0.1, 0.15) is 25.0 Å². The molecule has 0 saturated carbocycles. The van der Waals surface area contributed by atoms with Crippen LogP contribution in [0.2, 0.25) is 0 Å². The molecule has 0 spiro atoms. The second-order valence-corrected chi connectivity index (χ2v) is 18.7. The predicted molar refractivity (Wildman–Crippen MR) is 288 cm³/mol. The van der Waals surface area contributed by atoms with Crippen molar-refractivity contribution in [1.29, 1.82) is 0 Å². The lowest BCUT2D eigenvalue weighted by Crippen LogP contribution is -2.14. The molecule has 12 aromatic rings. The molecule has 0 saturated heterocycles. The molecule has 7 aromatic carbocycles. The fourth-order valence-corrected chi connectivity index (χ4v) is 10.6. The zero-order valence-corrected chi connectivity index (χ0v) is 38.8. The maximum absolute atomic E-state index is 5.11. The van der Waals surface area contributed by atoms with Crippen LogP contribution in [0.3, 0.4) is 0 Å². The molecule has 0 N–H and O–H groups in total. The highest BCUT2D eigenvalue weighted by molar-refractivity contribution is 6.13. The second-order valence-electron chi connectivity index (χ2n) is 18.7. The highest BCUT2D eigenvalue weighted by atomic mass is 15.0. The molecular weight excluding hydrogens is 851 g/mol. The van der Waals surface area contributed by atoms with Gasteiger partial charge in [0.2, 0.25) is 0 Å². The second kappa shape index (κ2) is 16.6. The Morgan fingerprint density at radius 2 is 0.814 bits per heavy atom. The van der Waals surface area contributed by atoms with Gasteiger partial charge < -0.3 is 4.57 Å². The van der Waals surface area contributed by atoms with E-state index in [2.05, 4.69) is 204 Å². The van der Waals surface area contributed by atoms with Crippen molar-refractivity contribution in [1.82, 2.24) is 24.5 Å². The molecule has 0 atom stereocenters. The Morgan fingerprint density at radius 3 is 1.40 bits per heavy atom. The van der Waals surface area contributed by atoms with E-state index in [-0.39, 0.29) is 5.41 Å². The molecule has 0 aliphatic heterocycles. The summed E-state index contributed by atoms with van der Waals surface area (Å²) in [5.74, 6) is 0. The summed E-state index contributed by atoms with van der Waals surface area (Å²) >= 11 is 0. The minimum absolute atomic E-state index is 0.120. The van der Waals surface area contributed by atoms with Crippen LogP contribution in [0.15, 0.2) is 237 Å². The van der Waals surface area contributed by atoms with Gasteiger partial charge in [-0.15, -0.1) is 0 Å². The molecule has 0 unspecified atom stereocenters. The van der Waals surface area contributed by atoms with Gasteiger partial charge >= 0.3 is 0 Å². The Balaban J connectivity index is 0.990. The highest BCUT2D eigenvalue weighted by Crippen LogP contribution is 2.51. The Labute approximate surface area is 407 Å². The number of nitrogens with zero attached hydrogens (tertiary/aromatic N) is 5. The molecular formula is C65H45N5. The van der Waals surface area contributed by atoms with Crippen molar-refractivity contribution in [2.24, 2.45) is 0 Å². The Hall–Kier alpha value is -9.06. The van der Waals surface area contributed by atoms with E-state index in [1.807, 2.05) is 48.8 Å². The van der Waals surface area contributed by atoms with Crippen molar-refractivity contribution in [3.05, 3.63) is 248 Å². The maximum atomic E-state index is 5.11. The zero-order valence-electron chi connectivity index (χ0n) is 38.8. The third-order valence-electron chi connectivity index (χ3n) is 14.1. The SMILES string of the molecule is CC1(C)c2ccccc2-c2cc3c4cc(-c5cc(-c6cccc(-c7cccc(-c8cccnc8)n7)c6)cc(-c6cccc(-c7cccc(-c8cccnc8)n7)c6)c5)ccc4n(-c4ccccc4)c3cc21. The molecule has 1 aliphatic rings. The Bertz CT molecular complexity index is 3820. The van der Waals surface area contributed by atoms with Crippen LogP contribution < -0.4 is 0 Å². The van der Waals surface area contributed by atoms with Gasteiger partial charge in [-0.1, -0.05) is 111 Å². The summed E-state index contributed by atoms with van der Waals surface area (Å²) < 4.78 is 2.45. The van der Waals surface area contributed by atoms with Gasteiger partial charge in [0.1, 0.15) is 0 Å². The number of hydrogen-bond donors (Lipinski definition) is 0. The van der Waals surface area contributed by atoms with Gasteiger partial charge in [0, 0.05) is 68.9 Å². The van der Waals surface area contributed by atoms with Crippen LogP contribution in [-0.4, -0.2) is 24.5 Å². The van der Waals surface area contributed by atoms with Crippen molar-refractivity contribution in [2.75, 3.05) is 0 Å². The zero-order chi connectivity index (χ0) is 46.8. The lowest BCUT2D eigenvalue weighted by molar-refractivity contribution is 0.661. The number of rotatable bonds is 8. The van der Waals surface area contributed by atoms with Crippen molar-refractivity contribution in [3.8, 4) is 95.2 Å². The third kappa shape index (κ3) is 7.10. The van der Waals surface area contributed by atoms with Gasteiger partial charge in [-0.3, -0.25) is 9.97 Å². The van der Waals surface area contributed by atoms with Gasteiger partial charge in [0.25, 0.3) is 0 Å². The molecule has 5 aromatic heterocycles. The van der Waals surface area contributed by atoms with E-state index in [9.17, 15) is 0 Å². The van der Waals surface area contributed by atoms with Crippen molar-refractivity contribution >= 4 is 21.8 Å². The van der Waals surface area contributed by atoms with Crippen LogP contribution >= 0.6 is 0 Å². The highest BCUT2D eigenvalue weighted by Gasteiger charge is 2.36. The molecule has 5 nitrogen and oxygen atoms in total. The first-order chi connectivity index (χ1) is 34.4. The molecule has 5 heterocycles. The van der Waals surface area contributed by atoms with E-state index < -0.39 is 0 Å². The molecule has 5 heteroatoms. The minimum Gasteiger partial charge on any atom is -0.309 e. The molecule has 0 bridgehead atoms. The summed E-state index contributed by atoms with van der Waals surface area (Å²) in [6.07, 6.45) is 7.31. The normalized spacial score (nSPS) is 12.5. The van der Waals surface area contributed by atoms with Crippen molar-refractivity contribution < 1.29 is 0 Å². The van der Waals surface area contributed by atoms with Crippen LogP contribution in [0.25, 0.3) is 117 Å². The van der Waals surface area contributed by atoms with E-state index in [0.29, 0.717) is 0 Å². The van der Waals surface area contributed by atoms with Crippen LogP contribution in [0.4, 0.5) is 0 Å². The van der Waals surface area contributed by atoms with E-state index >= 15 is 0 Å². The van der Waals surface area contributed by atoms with Crippen LogP contribution in [0, 0.1) is 0 Å². The fraction of sp³-hybridized carbons (Fsp3) is 0.0462. The first kappa shape index (κ1) is 41.2.